The summed E-state index contributed by atoms with van der Waals surface area (Å²) < 4.78 is 39.3. The van der Waals surface area contributed by atoms with E-state index in [2.05, 4.69) is 5.32 Å². The first-order valence-electron chi connectivity index (χ1n) is 9.43. The molecule has 2 unspecified atom stereocenters. The van der Waals surface area contributed by atoms with Crippen molar-refractivity contribution in [2.75, 3.05) is 13.1 Å². The summed E-state index contributed by atoms with van der Waals surface area (Å²) in [7, 11) is 0. The lowest BCUT2D eigenvalue weighted by Gasteiger charge is -2.29. The summed E-state index contributed by atoms with van der Waals surface area (Å²) in [6.07, 6.45) is -3.78. The minimum atomic E-state index is -4.53. The summed E-state index contributed by atoms with van der Waals surface area (Å²) in [6.45, 7) is 0.280. The van der Waals surface area contributed by atoms with E-state index in [0.29, 0.717) is 32.2 Å². The van der Waals surface area contributed by atoms with Crippen LogP contribution in [0.25, 0.3) is 0 Å². The molecule has 2 atom stereocenters. The minimum Gasteiger partial charge on any atom is -0.465 e. The monoisotopic (exact) mass is 413 g/mol. The van der Waals surface area contributed by atoms with Gasteiger partial charge in [0.05, 0.1) is 5.56 Å². The molecule has 1 aromatic rings. The molecule has 0 saturated carbocycles. The van der Waals surface area contributed by atoms with Crippen molar-refractivity contribution in [1.82, 2.24) is 15.1 Å². The van der Waals surface area contributed by atoms with Gasteiger partial charge in [0.15, 0.2) is 0 Å². The van der Waals surface area contributed by atoms with Crippen LogP contribution >= 0.6 is 0 Å². The Balaban J connectivity index is 1.67. The first kappa shape index (κ1) is 20.9. The number of likely N-dealkylation sites (tertiary alicyclic amines) is 2. The molecule has 7 nitrogen and oxygen atoms in total. The lowest BCUT2D eigenvalue weighted by molar-refractivity contribution is -0.141. The maximum absolute atomic E-state index is 13.1. The van der Waals surface area contributed by atoms with E-state index in [-0.39, 0.29) is 18.7 Å². The van der Waals surface area contributed by atoms with Gasteiger partial charge in [-0.3, -0.25) is 14.5 Å². The third-order valence-corrected chi connectivity index (χ3v) is 5.40. The van der Waals surface area contributed by atoms with Crippen LogP contribution in [0.2, 0.25) is 0 Å². The molecule has 29 heavy (non-hydrogen) atoms. The van der Waals surface area contributed by atoms with Crippen molar-refractivity contribution >= 4 is 17.9 Å². The average molecular weight is 413 g/mol. The second kappa shape index (κ2) is 8.30. The van der Waals surface area contributed by atoms with Crippen LogP contribution in [0.5, 0.6) is 0 Å². The number of benzene rings is 1. The van der Waals surface area contributed by atoms with Gasteiger partial charge in [0.2, 0.25) is 11.8 Å². The number of carboxylic acid groups (broad SMARTS) is 1. The van der Waals surface area contributed by atoms with Gasteiger partial charge in [0, 0.05) is 19.6 Å². The summed E-state index contributed by atoms with van der Waals surface area (Å²) in [5.74, 6) is -0.953. The molecule has 10 heteroatoms. The van der Waals surface area contributed by atoms with Crippen LogP contribution in [0.3, 0.4) is 0 Å². The molecule has 2 heterocycles. The predicted octanol–water partition coefficient (Wildman–Crippen LogP) is 2.46. The SMILES string of the molecule is O=C(NCc1ccccc1C(F)(F)F)C1CCCN1C(=O)C1CCCN1C(=O)O. The van der Waals surface area contributed by atoms with Crippen molar-refractivity contribution in [3.8, 4) is 0 Å². The van der Waals surface area contributed by atoms with Crippen LogP contribution in [0, 0.1) is 0 Å². The van der Waals surface area contributed by atoms with Gasteiger partial charge in [-0.2, -0.15) is 13.2 Å². The zero-order chi connectivity index (χ0) is 21.2. The molecule has 0 bridgehead atoms. The van der Waals surface area contributed by atoms with Crippen molar-refractivity contribution in [3.05, 3.63) is 35.4 Å². The number of hydrogen-bond donors (Lipinski definition) is 2. The third kappa shape index (κ3) is 4.46. The van der Waals surface area contributed by atoms with E-state index in [0.717, 1.165) is 11.0 Å². The topological polar surface area (TPSA) is 90.0 Å². The molecule has 2 N–H and O–H groups in total. The predicted molar refractivity (Wildman–Crippen MR) is 95.8 cm³/mol. The fourth-order valence-corrected chi connectivity index (χ4v) is 4.00. The van der Waals surface area contributed by atoms with Crippen LogP contribution in [-0.2, 0) is 22.3 Å². The summed E-state index contributed by atoms with van der Waals surface area (Å²) >= 11 is 0. The Morgan fingerprint density at radius 3 is 2.31 bits per heavy atom. The first-order chi connectivity index (χ1) is 13.7. The molecule has 158 valence electrons. The molecular formula is C19H22F3N3O4. The highest BCUT2D eigenvalue weighted by molar-refractivity contribution is 5.92. The number of nitrogens with one attached hydrogen (secondary N) is 1. The van der Waals surface area contributed by atoms with E-state index in [9.17, 15) is 32.7 Å². The number of alkyl halides is 3. The smallest absolute Gasteiger partial charge is 0.416 e. The van der Waals surface area contributed by atoms with E-state index in [4.69, 9.17) is 0 Å². The molecule has 3 amide bonds. The molecule has 0 radical (unpaired) electrons. The maximum Gasteiger partial charge on any atom is 0.416 e. The molecule has 3 rings (SSSR count). The van der Waals surface area contributed by atoms with Crippen molar-refractivity contribution in [2.45, 2.75) is 50.5 Å². The number of carbonyl (C=O) groups excluding carboxylic acids is 2. The number of amides is 3. The number of nitrogens with zero attached hydrogens (tertiary/aromatic N) is 2. The Bertz CT molecular complexity index is 799. The van der Waals surface area contributed by atoms with E-state index in [1.807, 2.05) is 0 Å². The molecule has 0 aromatic heterocycles. The van der Waals surface area contributed by atoms with Crippen LogP contribution < -0.4 is 5.32 Å². The molecule has 2 fully saturated rings. The highest BCUT2D eigenvalue weighted by atomic mass is 19.4. The van der Waals surface area contributed by atoms with Crippen LogP contribution in [-0.4, -0.2) is 58.0 Å². The van der Waals surface area contributed by atoms with Gasteiger partial charge in [-0.1, -0.05) is 18.2 Å². The third-order valence-electron chi connectivity index (χ3n) is 5.40. The second-order valence-electron chi connectivity index (χ2n) is 7.20. The molecule has 2 aliphatic heterocycles. The Morgan fingerprint density at radius 2 is 1.66 bits per heavy atom. The largest absolute Gasteiger partial charge is 0.465 e. The second-order valence-corrected chi connectivity index (χ2v) is 7.20. The Labute approximate surface area is 165 Å². The van der Waals surface area contributed by atoms with Gasteiger partial charge in [0.1, 0.15) is 12.1 Å². The summed E-state index contributed by atoms with van der Waals surface area (Å²) in [6, 6.07) is 3.37. The number of rotatable bonds is 4. The highest BCUT2D eigenvalue weighted by Crippen LogP contribution is 2.32. The van der Waals surface area contributed by atoms with E-state index in [1.165, 1.54) is 23.1 Å². The number of halogens is 3. The van der Waals surface area contributed by atoms with Crippen LogP contribution in [0.1, 0.15) is 36.8 Å². The quantitative estimate of drug-likeness (QED) is 0.794. The average Bonchev–Trinajstić information content (AvgIpc) is 3.34. The van der Waals surface area contributed by atoms with Crippen molar-refractivity contribution in [1.29, 1.82) is 0 Å². The normalized spacial score (nSPS) is 22.0. The maximum atomic E-state index is 13.1. The zero-order valence-electron chi connectivity index (χ0n) is 15.6. The fraction of sp³-hybridized carbons (Fsp3) is 0.526. The molecule has 2 aliphatic rings. The van der Waals surface area contributed by atoms with Gasteiger partial charge in [0.25, 0.3) is 0 Å². The molecule has 0 aliphatic carbocycles. The van der Waals surface area contributed by atoms with Crippen molar-refractivity contribution < 1.29 is 32.7 Å². The van der Waals surface area contributed by atoms with E-state index in [1.54, 1.807) is 0 Å². The molecule has 1 aromatic carbocycles. The summed E-state index contributed by atoms with van der Waals surface area (Å²) in [5.41, 5.74) is -0.875. The molecule has 2 saturated heterocycles. The van der Waals surface area contributed by atoms with Gasteiger partial charge < -0.3 is 15.3 Å². The van der Waals surface area contributed by atoms with Gasteiger partial charge >= 0.3 is 12.3 Å². The van der Waals surface area contributed by atoms with Gasteiger partial charge in [-0.15, -0.1) is 0 Å². The molecule has 0 spiro atoms. The standard InChI is InChI=1S/C19H22F3N3O4/c20-19(21,22)13-6-2-1-5-12(13)11-23-16(26)14-7-3-9-24(14)17(27)15-8-4-10-25(15)18(28)29/h1-2,5-6,14-15H,3-4,7-11H2,(H,23,26)(H,28,29). The number of carbonyl (C=O) groups is 3. The lowest BCUT2D eigenvalue weighted by Crippen LogP contribution is -2.52. The Kier molecular flexibility index (Phi) is 5.99. The van der Waals surface area contributed by atoms with E-state index < -0.39 is 41.7 Å². The first-order valence-corrected chi connectivity index (χ1v) is 9.43. The minimum absolute atomic E-state index is 0.0583. The molecular weight excluding hydrogens is 391 g/mol. The van der Waals surface area contributed by atoms with Gasteiger partial charge in [-0.05, 0) is 37.3 Å². The lowest BCUT2D eigenvalue weighted by atomic mass is 10.1. The van der Waals surface area contributed by atoms with E-state index >= 15 is 0 Å². The van der Waals surface area contributed by atoms with Crippen LogP contribution in [0.15, 0.2) is 24.3 Å². The Morgan fingerprint density at radius 1 is 1.03 bits per heavy atom. The number of hydrogen-bond acceptors (Lipinski definition) is 3. The zero-order valence-corrected chi connectivity index (χ0v) is 15.6. The van der Waals surface area contributed by atoms with Crippen LogP contribution in [0.4, 0.5) is 18.0 Å². The summed E-state index contributed by atoms with van der Waals surface area (Å²) in [5, 5.41) is 11.7. The van der Waals surface area contributed by atoms with Gasteiger partial charge in [-0.25, -0.2) is 4.79 Å². The highest BCUT2D eigenvalue weighted by Gasteiger charge is 2.42. The van der Waals surface area contributed by atoms with Crippen molar-refractivity contribution in [2.24, 2.45) is 0 Å². The fourth-order valence-electron chi connectivity index (χ4n) is 4.00. The Hall–Kier alpha value is -2.78. The summed E-state index contributed by atoms with van der Waals surface area (Å²) in [4.78, 5) is 39.2. The van der Waals surface area contributed by atoms with Crippen molar-refractivity contribution in [3.63, 3.8) is 0 Å².